The number of hydrogen-bond donors (Lipinski definition) is 2. The van der Waals surface area contributed by atoms with Gasteiger partial charge in [0.2, 0.25) is 0 Å². The van der Waals surface area contributed by atoms with E-state index in [1.54, 1.807) is 17.6 Å². The highest BCUT2D eigenvalue weighted by Gasteiger charge is 2.29. The molecule has 0 unspecified atom stereocenters. The van der Waals surface area contributed by atoms with Crippen molar-refractivity contribution in [2.24, 2.45) is 0 Å². The number of carbonyl (C=O) groups is 2. The van der Waals surface area contributed by atoms with Gasteiger partial charge in [-0.2, -0.15) is 0 Å². The normalized spacial score (nSPS) is 14.7. The second kappa shape index (κ2) is 9.21. The van der Waals surface area contributed by atoms with Crippen molar-refractivity contribution in [2.45, 2.75) is 6.04 Å². The third-order valence-electron chi connectivity index (χ3n) is 5.34. The number of nitrogens with zero attached hydrogens (tertiary/aromatic N) is 2. The number of rotatable bonds is 5. The summed E-state index contributed by atoms with van der Waals surface area (Å²) in [6.07, 6.45) is 0. The minimum absolute atomic E-state index is 0.0763. The second-order valence-corrected chi connectivity index (χ2v) is 8.24. The molecule has 0 spiro atoms. The number of hydroxylamine groups is 1. The standard InChI is InChI=1S/C23H23N3O3S/c27-22(24-29)19-11-12-20(30-19)23(28)26-15-13-25(14-16-26)21(17-7-3-1-4-8-17)18-9-5-2-6-10-18/h1-12,21,29H,13-16H2,(H,24,27). The minimum Gasteiger partial charge on any atom is -0.335 e. The lowest BCUT2D eigenvalue weighted by atomic mass is 9.96. The van der Waals surface area contributed by atoms with Crippen LogP contribution in [0.2, 0.25) is 0 Å². The molecule has 1 fully saturated rings. The summed E-state index contributed by atoms with van der Waals surface area (Å²) in [4.78, 5) is 29.5. The fourth-order valence-corrected chi connectivity index (χ4v) is 4.72. The molecule has 6 nitrogen and oxygen atoms in total. The maximum atomic E-state index is 12.9. The predicted molar refractivity (Wildman–Crippen MR) is 116 cm³/mol. The molecule has 1 aromatic heterocycles. The van der Waals surface area contributed by atoms with Gasteiger partial charge in [-0.1, -0.05) is 60.7 Å². The highest BCUT2D eigenvalue weighted by atomic mass is 32.1. The van der Waals surface area contributed by atoms with E-state index in [-0.39, 0.29) is 11.9 Å². The first-order valence-corrected chi connectivity index (χ1v) is 10.7. The molecule has 0 aliphatic carbocycles. The van der Waals surface area contributed by atoms with E-state index < -0.39 is 5.91 Å². The summed E-state index contributed by atoms with van der Waals surface area (Å²) < 4.78 is 0. The van der Waals surface area contributed by atoms with Crippen molar-refractivity contribution < 1.29 is 14.8 Å². The van der Waals surface area contributed by atoms with Gasteiger partial charge in [0.25, 0.3) is 11.8 Å². The van der Waals surface area contributed by atoms with E-state index in [2.05, 4.69) is 53.4 Å². The molecule has 4 rings (SSSR count). The monoisotopic (exact) mass is 421 g/mol. The van der Waals surface area contributed by atoms with Gasteiger partial charge >= 0.3 is 0 Å². The largest absolute Gasteiger partial charge is 0.335 e. The zero-order valence-electron chi connectivity index (χ0n) is 16.4. The van der Waals surface area contributed by atoms with Crippen molar-refractivity contribution in [3.63, 3.8) is 0 Å². The zero-order chi connectivity index (χ0) is 20.9. The maximum absolute atomic E-state index is 12.9. The molecule has 2 amide bonds. The Morgan fingerprint density at radius 1 is 0.800 bits per heavy atom. The van der Waals surface area contributed by atoms with Crippen molar-refractivity contribution in [1.82, 2.24) is 15.3 Å². The molecule has 0 saturated carbocycles. The smallest absolute Gasteiger partial charge is 0.284 e. The number of piperazine rings is 1. The van der Waals surface area contributed by atoms with E-state index in [0.717, 1.165) is 24.4 Å². The van der Waals surface area contributed by atoms with E-state index in [0.29, 0.717) is 22.8 Å². The van der Waals surface area contributed by atoms with Crippen LogP contribution in [0.25, 0.3) is 0 Å². The molecule has 30 heavy (non-hydrogen) atoms. The summed E-state index contributed by atoms with van der Waals surface area (Å²) in [6.45, 7) is 2.76. The van der Waals surface area contributed by atoms with E-state index in [9.17, 15) is 9.59 Å². The summed E-state index contributed by atoms with van der Waals surface area (Å²) in [7, 11) is 0. The van der Waals surface area contributed by atoms with Gasteiger partial charge in [-0.05, 0) is 23.3 Å². The lowest BCUT2D eigenvalue weighted by Crippen LogP contribution is -2.49. The fourth-order valence-electron chi connectivity index (χ4n) is 3.85. The SMILES string of the molecule is O=C(NO)c1ccc(C(=O)N2CCN(C(c3ccccc3)c3ccccc3)CC2)s1. The minimum atomic E-state index is -0.600. The molecular formula is C23H23N3O3S. The van der Waals surface area contributed by atoms with Crippen LogP contribution in [0.5, 0.6) is 0 Å². The van der Waals surface area contributed by atoms with E-state index >= 15 is 0 Å². The van der Waals surface area contributed by atoms with E-state index in [1.807, 2.05) is 17.0 Å². The molecule has 1 aliphatic heterocycles. The second-order valence-electron chi connectivity index (χ2n) is 7.16. The van der Waals surface area contributed by atoms with Gasteiger partial charge in [-0.25, -0.2) is 5.48 Å². The van der Waals surface area contributed by atoms with Crippen molar-refractivity contribution >= 4 is 23.2 Å². The van der Waals surface area contributed by atoms with Crippen LogP contribution in [0.15, 0.2) is 72.8 Å². The average Bonchev–Trinajstić information content (AvgIpc) is 3.31. The molecule has 0 radical (unpaired) electrons. The van der Waals surface area contributed by atoms with E-state index in [1.165, 1.54) is 11.1 Å². The van der Waals surface area contributed by atoms with Crippen molar-refractivity contribution in [2.75, 3.05) is 26.2 Å². The summed E-state index contributed by atoms with van der Waals surface area (Å²) in [5, 5.41) is 8.76. The van der Waals surface area contributed by atoms with Crippen molar-refractivity contribution in [3.8, 4) is 0 Å². The number of nitrogens with one attached hydrogen (secondary N) is 1. The zero-order valence-corrected chi connectivity index (χ0v) is 17.2. The molecule has 154 valence electrons. The Hall–Kier alpha value is -3.00. The van der Waals surface area contributed by atoms with Gasteiger partial charge in [0, 0.05) is 26.2 Å². The van der Waals surface area contributed by atoms with Gasteiger partial charge in [0.1, 0.15) is 0 Å². The number of carbonyl (C=O) groups excluding carboxylic acids is 2. The average molecular weight is 422 g/mol. The van der Waals surface area contributed by atoms with Crippen LogP contribution in [-0.4, -0.2) is 53.0 Å². The van der Waals surface area contributed by atoms with Crippen LogP contribution >= 0.6 is 11.3 Å². The Labute approximate surface area is 179 Å². The fraction of sp³-hybridized carbons (Fsp3) is 0.217. The Balaban J connectivity index is 1.48. The van der Waals surface area contributed by atoms with Crippen LogP contribution < -0.4 is 5.48 Å². The molecular weight excluding hydrogens is 398 g/mol. The lowest BCUT2D eigenvalue weighted by molar-refractivity contribution is 0.0602. The van der Waals surface area contributed by atoms with Crippen LogP contribution in [0.1, 0.15) is 36.5 Å². The number of amides is 2. The summed E-state index contributed by atoms with van der Waals surface area (Å²) in [5.74, 6) is -0.676. The maximum Gasteiger partial charge on any atom is 0.284 e. The first-order valence-electron chi connectivity index (χ1n) is 9.85. The molecule has 2 aromatic carbocycles. The molecule has 0 bridgehead atoms. The highest BCUT2D eigenvalue weighted by molar-refractivity contribution is 7.15. The summed E-state index contributed by atoms with van der Waals surface area (Å²) in [6, 6.07) is 24.2. The Bertz CT molecular complexity index is 959. The number of hydrogen-bond acceptors (Lipinski definition) is 5. The first-order chi connectivity index (χ1) is 14.7. The Morgan fingerprint density at radius 2 is 1.33 bits per heavy atom. The molecule has 7 heteroatoms. The van der Waals surface area contributed by atoms with Crippen LogP contribution in [0, 0.1) is 0 Å². The van der Waals surface area contributed by atoms with Crippen molar-refractivity contribution in [3.05, 3.63) is 93.7 Å². The number of benzene rings is 2. The first kappa shape index (κ1) is 20.3. The molecule has 1 saturated heterocycles. The third kappa shape index (κ3) is 4.28. The van der Waals surface area contributed by atoms with Gasteiger partial charge < -0.3 is 4.90 Å². The number of thiophene rings is 1. The molecule has 0 atom stereocenters. The van der Waals surface area contributed by atoms with Crippen molar-refractivity contribution in [1.29, 1.82) is 0 Å². The quantitative estimate of drug-likeness (QED) is 0.489. The Morgan fingerprint density at radius 3 is 1.87 bits per heavy atom. The molecule has 3 aromatic rings. The molecule has 1 aliphatic rings. The topological polar surface area (TPSA) is 72.9 Å². The Kier molecular flexibility index (Phi) is 6.23. The highest BCUT2D eigenvalue weighted by Crippen LogP contribution is 2.30. The summed E-state index contributed by atoms with van der Waals surface area (Å²) >= 11 is 1.09. The third-order valence-corrected chi connectivity index (χ3v) is 6.41. The van der Waals surface area contributed by atoms with Crippen LogP contribution in [-0.2, 0) is 0 Å². The van der Waals surface area contributed by atoms with Gasteiger partial charge in [-0.3, -0.25) is 19.7 Å². The van der Waals surface area contributed by atoms with Crippen LogP contribution in [0.3, 0.4) is 0 Å². The van der Waals surface area contributed by atoms with Gasteiger partial charge in [0.15, 0.2) is 0 Å². The van der Waals surface area contributed by atoms with Gasteiger partial charge in [-0.15, -0.1) is 11.3 Å². The van der Waals surface area contributed by atoms with E-state index in [4.69, 9.17) is 5.21 Å². The molecule has 2 heterocycles. The van der Waals surface area contributed by atoms with Gasteiger partial charge in [0.05, 0.1) is 15.8 Å². The lowest BCUT2D eigenvalue weighted by Gasteiger charge is -2.39. The molecule has 2 N–H and O–H groups in total. The predicted octanol–water partition coefficient (Wildman–Crippen LogP) is 3.41. The summed E-state index contributed by atoms with van der Waals surface area (Å²) in [5.41, 5.74) is 4.08. The van der Waals surface area contributed by atoms with Crippen LogP contribution in [0.4, 0.5) is 0 Å².